The Kier molecular flexibility index (Phi) is 8.10. The summed E-state index contributed by atoms with van der Waals surface area (Å²) in [6.07, 6.45) is 8.34. The molecular weight excluding hydrogens is 715 g/mol. The van der Waals surface area contributed by atoms with Gasteiger partial charge in [-0.05, 0) is 159 Å². The fourth-order valence-corrected chi connectivity index (χ4v) is 11.8. The van der Waals surface area contributed by atoms with Crippen LogP contribution in [0.5, 0.6) is 0 Å². The van der Waals surface area contributed by atoms with Crippen LogP contribution >= 0.6 is 0 Å². The van der Waals surface area contributed by atoms with Crippen LogP contribution in [0.25, 0.3) is 11.0 Å². The molecule has 1 unspecified atom stereocenters. The average Bonchev–Trinajstić information content (AvgIpc) is 3.54. The van der Waals surface area contributed by atoms with Crippen molar-refractivity contribution in [3.63, 3.8) is 0 Å². The van der Waals surface area contributed by atoms with Crippen LogP contribution in [0, 0.1) is 19.8 Å². The number of hydrogen-bond acceptors (Lipinski definition) is 3. The summed E-state index contributed by atoms with van der Waals surface area (Å²) in [7, 11) is 0. The molecular formula is C55H65BN2O. The van der Waals surface area contributed by atoms with Crippen LogP contribution in [0.15, 0.2) is 94.1 Å². The molecule has 4 aromatic carbocycles. The summed E-state index contributed by atoms with van der Waals surface area (Å²) in [5, 5.41) is 1.21. The Morgan fingerprint density at radius 1 is 0.661 bits per heavy atom. The van der Waals surface area contributed by atoms with Gasteiger partial charge in [-0.25, -0.2) is 0 Å². The minimum absolute atomic E-state index is 0.00131. The van der Waals surface area contributed by atoms with Crippen molar-refractivity contribution >= 4 is 51.6 Å². The average molecular weight is 781 g/mol. The Labute approximate surface area is 355 Å². The molecule has 3 nitrogen and oxygen atoms in total. The van der Waals surface area contributed by atoms with Gasteiger partial charge in [-0.15, -0.1) is 0 Å². The number of rotatable bonds is 2. The van der Waals surface area contributed by atoms with Crippen molar-refractivity contribution in [3.05, 3.63) is 129 Å². The van der Waals surface area contributed by atoms with Crippen LogP contribution in [0.4, 0.5) is 22.7 Å². The number of benzene rings is 4. The van der Waals surface area contributed by atoms with Gasteiger partial charge in [0.2, 0.25) is 0 Å². The zero-order chi connectivity index (χ0) is 41.9. The molecule has 5 aliphatic rings. The fourth-order valence-electron chi connectivity index (χ4n) is 11.8. The predicted octanol–water partition coefficient (Wildman–Crippen LogP) is 13.7. The van der Waals surface area contributed by atoms with Gasteiger partial charge in [0.15, 0.2) is 0 Å². The van der Waals surface area contributed by atoms with Crippen LogP contribution in [0.1, 0.15) is 154 Å². The van der Waals surface area contributed by atoms with Crippen LogP contribution in [0.3, 0.4) is 0 Å². The van der Waals surface area contributed by atoms with E-state index in [9.17, 15) is 0 Å². The van der Waals surface area contributed by atoms with Crippen molar-refractivity contribution in [1.29, 1.82) is 0 Å². The molecule has 0 spiro atoms. The number of allylic oxidation sites excluding steroid dienone is 3. The first-order chi connectivity index (χ1) is 27.6. The largest absolute Gasteiger partial charge is 0.468 e. The van der Waals surface area contributed by atoms with Crippen LogP contribution < -0.4 is 20.9 Å². The van der Waals surface area contributed by atoms with E-state index in [1.54, 1.807) is 0 Å². The van der Waals surface area contributed by atoms with Gasteiger partial charge in [-0.2, -0.15) is 0 Å². The standard InChI is InChI=1S/C55H65BN2O/c1-32-26-44-47-45(27-32)58(48-33(2)16-15-17-34(48)3)49-37-28-35(51(4,5)6)18-21-46(37)59-50(49)56(47)42-30-40-41(55(13,14)25-24-54(40,11)12)31-43(42)57(44)36-19-20-38-39(29-36)53(9,10)23-22-52(38,7)8/h15-21,27-32H,22-26H2,1-14H3. The third-order valence-corrected chi connectivity index (χ3v) is 15.7. The number of anilines is 4. The molecule has 0 amide bonds. The molecule has 10 rings (SSSR count). The monoisotopic (exact) mass is 781 g/mol. The Hall–Kier alpha value is -4.44. The Morgan fingerprint density at radius 3 is 1.88 bits per heavy atom. The van der Waals surface area contributed by atoms with E-state index in [-0.39, 0.29) is 33.8 Å². The second-order valence-corrected chi connectivity index (χ2v) is 22.9. The number of para-hydroxylation sites is 1. The number of hydrogen-bond donors (Lipinski definition) is 0. The summed E-state index contributed by atoms with van der Waals surface area (Å²) < 4.78 is 7.39. The molecule has 0 fully saturated rings. The van der Waals surface area contributed by atoms with E-state index in [1.807, 2.05) is 0 Å². The molecule has 59 heavy (non-hydrogen) atoms. The zero-order valence-electron chi connectivity index (χ0n) is 38.4. The van der Waals surface area contributed by atoms with Crippen molar-refractivity contribution in [3.8, 4) is 0 Å². The molecule has 5 aromatic rings. The molecule has 0 saturated heterocycles. The van der Waals surface area contributed by atoms with Crippen molar-refractivity contribution in [2.75, 3.05) is 9.80 Å². The molecule has 1 atom stereocenters. The highest BCUT2D eigenvalue weighted by Crippen LogP contribution is 2.55. The van der Waals surface area contributed by atoms with Crippen LogP contribution in [0.2, 0.25) is 0 Å². The highest BCUT2D eigenvalue weighted by Gasteiger charge is 2.52. The lowest BCUT2D eigenvalue weighted by Gasteiger charge is -2.49. The Balaban J connectivity index is 1.35. The van der Waals surface area contributed by atoms with Gasteiger partial charge in [0.1, 0.15) is 5.58 Å². The van der Waals surface area contributed by atoms with E-state index in [4.69, 9.17) is 4.42 Å². The van der Waals surface area contributed by atoms with Gasteiger partial charge in [0.25, 0.3) is 6.71 Å². The minimum atomic E-state index is -0.0322. The van der Waals surface area contributed by atoms with Crippen molar-refractivity contribution in [2.24, 2.45) is 5.92 Å². The SMILES string of the molecule is Cc1cccc(C)c1N1C2=CC(C)CC3=C2B(c2cc4c(cc2N3c2ccc3c(c2)C(C)(C)CCC3(C)C)C(C)(C)CCC4(C)C)c2oc3ccc(C(C)(C)C)cc3c21. The highest BCUT2D eigenvalue weighted by atomic mass is 16.3. The van der Waals surface area contributed by atoms with E-state index in [0.29, 0.717) is 5.92 Å². The first-order valence-corrected chi connectivity index (χ1v) is 22.6. The molecule has 4 heteroatoms. The number of aryl methyl sites for hydroxylation is 2. The maximum atomic E-state index is 7.39. The van der Waals surface area contributed by atoms with E-state index < -0.39 is 0 Å². The van der Waals surface area contributed by atoms with Crippen molar-refractivity contribution < 1.29 is 4.42 Å². The number of furan rings is 1. The first kappa shape index (κ1) is 38.7. The summed E-state index contributed by atoms with van der Waals surface area (Å²) in [6.45, 7) is 33.7. The highest BCUT2D eigenvalue weighted by molar-refractivity contribution is 6.94. The van der Waals surface area contributed by atoms with Gasteiger partial charge in [0, 0.05) is 28.2 Å². The molecule has 0 N–H and O–H groups in total. The quantitative estimate of drug-likeness (QED) is 0.166. The van der Waals surface area contributed by atoms with Crippen molar-refractivity contribution in [1.82, 2.24) is 0 Å². The van der Waals surface area contributed by atoms with Gasteiger partial charge in [0.05, 0.1) is 17.0 Å². The Morgan fingerprint density at radius 2 is 1.25 bits per heavy atom. The molecule has 304 valence electrons. The lowest BCUT2D eigenvalue weighted by molar-refractivity contribution is 0.332. The molecule has 1 aromatic heterocycles. The summed E-state index contributed by atoms with van der Waals surface area (Å²) in [4.78, 5) is 5.36. The lowest BCUT2D eigenvalue weighted by Crippen LogP contribution is -2.57. The third kappa shape index (κ3) is 5.59. The van der Waals surface area contributed by atoms with Gasteiger partial charge >= 0.3 is 0 Å². The van der Waals surface area contributed by atoms with E-state index in [2.05, 4.69) is 180 Å². The second kappa shape index (κ2) is 12.3. The molecule has 2 aliphatic heterocycles. The minimum Gasteiger partial charge on any atom is -0.468 e. The van der Waals surface area contributed by atoms with E-state index in [1.165, 1.54) is 115 Å². The van der Waals surface area contributed by atoms with E-state index in [0.717, 1.165) is 17.7 Å². The topological polar surface area (TPSA) is 19.6 Å². The predicted molar refractivity (Wildman–Crippen MR) is 252 cm³/mol. The number of nitrogens with zero attached hydrogens (tertiary/aromatic N) is 2. The fraction of sp³-hybridized carbons (Fsp3) is 0.455. The molecule has 0 bridgehead atoms. The third-order valence-electron chi connectivity index (χ3n) is 15.7. The van der Waals surface area contributed by atoms with Crippen molar-refractivity contribution in [2.45, 2.75) is 156 Å². The van der Waals surface area contributed by atoms with E-state index >= 15 is 0 Å². The summed E-state index contributed by atoms with van der Waals surface area (Å²) >= 11 is 0. The first-order valence-electron chi connectivity index (χ1n) is 22.6. The summed E-state index contributed by atoms with van der Waals surface area (Å²) in [5.74, 6) is 0.339. The molecule has 0 saturated carbocycles. The lowest BCUT2D eigenvalue weighted by atomic mass is 9.33. The normalized spacial score (nSPS) is 22.0. The maximum absolute atomic E-state index is 7.39. The summed E-state index contributed by atoms with van der Waals surface area (Å²) in [6, 6.07) is 26.6. The van der Waals surface area contributed by atoms with Gasteiger partial charge in [-0.3, -0.25) is 0 Å². The second-order valence-electron chi connectivity index (χ2n) is 22.9. The molecule has 0 radical (unpaired) electrons. The van der Waals surface area contributed by atoms with Gasteiger partial charge in [-0.1, -0.05) is 126 Å². The molecule has 3 aliphatic carbocycles. The number of fused-ring (bicyclic) bond motifs is 8. The van der Waals surface area contributed by atoms with Crippen LogP contribution in [-0.2, 0) is 27.1 Å². The zero-order valence-corrected chi connectivity index (χ0v) is 38.4. The van der Waals surface area contributed by atoms with Crippen LogP contribution in [-0.4, -0.2) is 6.71 Å². The Bertz CT molecular complexity index is 2670. The summed E-state index contributed by atoms with van der Waals surface area (Å²) in [5.41, 5.74) is 23.0. The molecule has 3 heterocycles. The maximum Gasteiger partial charge on any atom is 0.296 e. The smallest absolute Gasteiger partial charge is 0.296 e. The van der Waals surface area contributed by atoms with Gasteiger partial charge < -0.3 is 14.2 Å².